The van der Waals surface area contributed by atoms with Gasteiger partial charge < -0.3 is 5.32 Å². The molecule has 1 heteroatoms. The van der Waals surface area contributed by atoms with Gasteiger partial charge in [0.15, 0.2) is 0 Å². The van der Waals surface area contributed by atoms with E-state index in [2.05, 4.69) is 46.9 Å². The molecule has 0 aliphatic rings. The van der Waals surface area contributed by atoms with Crippen molar-refractivity contribution in [3.05, 3.63) is 0 Å². The molecule has 13 heavy (non-hydrogen) atoms. The van der Waals surface area contributed by atoms with Crippen LogP contribution in [0.15, 0.2) is 0 Å². The fraction of sp³-hybridized carbons (Fsp3) is 1.00. The van der Waals surface area contributed by atoms with Gasteiger partial charge in [0.25, 0.3) is 0 Å². The van der Waals surface area contributed by atoms with Crippen molar-refractivity contribution in [3.63, 3.8) is 0 Å². The van der Waals surface area contributed by atoms with Crippen LogP contribution < -0.4 is 5.32 Å². The maximum Gasteiger partial charge on any atom is 0.0141 e. The third kappa shape index (κ3) is 4.66. The predicted octanol–water partition coefficient (Wildman–Crippen LogP) is 3.45. The summed E-state index contributed by atoms with van der Waals surface area (Å²) in [6, 6.07) is 0.650. The van der Waals surface area contributed by atoms with Crippen molar-refractivity contribution in [1.29, 1.82) is 0 Å². The Morgan fingerprint density at radius 3 is 2.00 bits per heavy atom. The van der Waals surface area contributed by atoms with E-state index in [1.165, 1.54) is 12.8 Å². The first kappa shape index (κ1) is 13.0. The van der Waals surface area contributed by atoms with Crippen molar-refractivity contribution < 1.29 is 0 Å². The van der Waals surface area contributed by atoms with Crippen LogP contribution in [-0.4, -0.2) is 12.6 Å². The second-order valence-corrected chi connectivity index (χ2v) is 5.18. The second kappa shape index (κ2) is 5.64. The number of rotatable bonds is 5. The molecule has 0 bridgehead atoms. The SMILES string of the molecule is CCCNC(C(C)CC)C(C)(C)C. The molecule has 0 aromatic rings. The molecular formula is C12H27N. The van der Waals surface area contributed by atoms with Crippen molar-refractivity contribution in [3.8, 4) is 0 Å². The molecule has 0 rings (SSSR count). The van der Waals surface area contributed by atoms with Gasteiger partial charge in [-0.25, -0.2) is 0 Å². The monoisotopic (exact) mass is 185 g/mol. The molecule has 2 atom stereocenters. The van der Waals surface area contributed by atoms with Crippen LogP contribution in [0.3, 0.4) is 0 Å². The van der Waals surface area contributed by atoms with Gasteiger partial charge in [-0.2, -0.15) is 0 Å². The van der Waals surface area contributed by atoms with Crippen molar-refractivity contribution in [2.75, 3.05) is 6.54 Å². The minimum absolute atomic E-state index is 0.380. The Kier molecular flexibility index (Phi) is 5.62. The van der Waals surface area contributed by atoms with Crippen LogP contribution >= 0.6 is 0 Å². The zero-order chi connectivity index (χ0) is 10.5. The van der Waals surface area contributed by atoms with Gasteiger partial charge in [-0.15, -0.1) is 0 Å². The Balaban J connectivity index is 4.19. The first-order valence-electron chi connectivity index (χ1n) is 5.66. The summed E-state index contributed by atoms with van der Waals surface area (Å²) in [6.45, 7) is 15.0. The van der Waals surface area contributed by atoms with Gasteiger partial charge in [0.2, 0.25) is 0 Å². The summed E-state index contributed by atoms with van der Waals surface area (Å²) in [6.07, 6.45) is 2.49. The molecule has 1 N–H and O–H groups in total. The van der Waals surface area contributed by atoms with E-state index in [9.17, 15) is 0 Å². The van der Waals surface area contributed by atoms with Gasteiger partial charge in [0.1, 0.15) is 0 Å². The van der Waals surface area contributed by atoms with E-state index in [1.807, 2.05) is 0 Å². The molecule has 0 radical (unpaired) electrons. The quantitative estimate of drug-likeness (QED) is 0.692. The zero-order valence-electron chi connectivity index (χ0n) is 10.3. The van der Waals surface area contributed by atoms with Gasteiger partial charge in [0.05, 0.1) is 0 Å². The Labute approximate surface area is 84.3 Å². The summed E-state index contributed by atoms with van der Waals surface area (Å²) >= 11 is 0. The lowest BCUT2D eigenvalue weighted by molar-refractivity contribution is 0.199. The van der Waals surface area contributed by atoms with Crippen LogP contribution in [0.1, 0.15) is 54.4 Å². The molecule has 0 heterocycles. The second-order valence-electron chi connectivity index (χ2n) is 5.18. The summed E-state index contributed by atoms with van der Waals surface area (Å²) in [5.41, 5.74) is 0.380. The van der Waals surface area contributed by atoms with Gasteiger partial charge >= 0.3 is 0 Å². The Morgan fingerprint density at radius 2 is 1.69 bits per heavy atom. The summed E-state index contributed by atoms with van der Waals surface area (Å²) < 4.78 is 0. The van der Waals surface area contributed by atoms with Crippen LogP contribution in [0.2, 0.25) is 0 Å². The minimum atomic E-state index is 0.380. The third-order valence-corrected chi connectivity index (χ3v) is 2.76. The molecule has 1 nitrogen and oxygen atoms in total. The van der Waals surface area contributed by atoms with Crippen molar-refractivity contribution in [2.24, 2.45) is 11.3 Å². The molecule has 0 saturated carbocycles. The van der Waals surface area contributed by atoms with E-state index in [0.717, 1.165) is 12.5 Å². The van der Waals surface area contributed by atoms with Crippen LogP contribution in [0.25, 0.3) is 0 Å². The smallest absolute Gasteiger partial charge is 0.0141 e. The van der Waals surface area contributed by atoms with Crippen LogP contribution in [0.4, 0.5) is 0 Å². The molecule has 0 aromatic heterocycles. The van der Waals surface area contributed by atoms with E-state index in [0.29, 0.717) is 11.5 Å². The highest BCUT2D eigenvalue weighted by Gasteiger charge is 2.27. The maximum atomic E-state index is 3.66. The van der Waals surface area contributed by atoms with E-state index >= 15 is 0 Å². The van der Waals surface area contributed by atoms with Crippen molar-refractivity contribution >= 4 is 0 Å². The van der Waals surface area contributed by atoms with Gasteiger partial charge in [-0.1, -0.05) is 48.0 Å². The lowest BCUT2D eigenvalue weighted by Gasteiger charge is -2.36. The highest BCUT2D eigenvalue weighted by Crippen LogP contribution is 2.26. The van der Waals surface area contributed by atoms with E-state index in [-0.39, 0.29) is 0 Å². The Hall–Kier alpha value is -0.0400. The third-order valence-electron chi connectivity index (χ3n) is 2.76. The van der Waals surface area contributed by atoms with E-state index in [4.69, 9.17) is 0 Å². The lowest BCUT2D eigenvalue weighted by atomic mass is 9.78. The summed E-state index contributed by atoms with van der Waals surface area (Å²) in [4.78, 5) is 0. The van der Waals surface area contributed by atoms with E-state index < -0.39 is 0 Å². The fourth-order valence-electron chi connectivity index (χ4n) is 1.90. The summed E-state index contributed by atoms with van der Waals surface area (Å²) in [7, 11) is 0. The van der Waals surface area contributed by atoms with Gasteiger partial charge in [-0.05, 0) is 24.3 Å². The van der Waals surface area contributed by atoms with Crippen LogP contribution in [-0.2, 0) is 0 Å². The Bertz CT molecular complexity index is 124. The van der Waals surface area contributed by atoms with Gasteiger partial charge in [0, 0.05) is 6.04 Å². The Morgan fingerprint density at radius 1 is 1.15 bits per heavy atom. The molecular weight excluding hydrogens is 158 g/mol. The van der Waals surface area contributed by atoms with Crippen molar-refractivity contribution in [2.45, 2.75) is 60.4 Å². The molecule has 0 fully saturated rings. The first-order chi connectivity index (χ1) is 5.93. The first-order valence-corrected chi connectivity index (χ1v) is 5.66. The van der Waals surface area contributed by atoms with Gasteiger partial charge in [-0.3, -0.25) is 0 Å². The highest BCUT2D eigenvalue weighted by molar-refractivity contribution is 4.83. The predicted molar refractivity (Wildman–Crippen MR) is 61.0 cm³/mol. The lowest BCUT2D eigenvalue weighted by Crippen LogP contribution is -2.45. The van der Waals surface area contributed by atoms with Crippen LogP contribution in [0.5, 0.6) is 0 Å². The normalized spacial score (nSPS) is 17.1. The summed E-state index contributed by atoms with van der Waals surface area (Å²) in [5, 5.41) is 3.66. The average molecular weight is 185 g/mol. The van der Waals surface area contributed by atoms with E-state index in [1.54, 1.807) is 0 Å². The molecule has 80 valence electrons. The van der Waals surface area contributed by atoms with Crippen LogP contribution in [0, 0.1) is 11.3 Å². The molecule has 0 spiro atoms. The number of hydrogen-bond acceptors (Lipinski definition) is 1. The minimum Gasteiger partial charge on any atom is -0.313 e. The standard InChI is InChI=1S/C12H27N/c1-7-9-13-11(10(3)8-2)12(4,5)6/h10-11,13H,7-9H2,1-6H3. The molecule has 0 aliphatic heterocycles. The largest absolute Gasteiger partial charge is 0.313 e. The fourth-order valence-corrected chi connectivity index (χ4v) is 1.90. The molecule has 0 aliphatic carbocycles. The highest BCUT2D eigenvalue weighted by atomic mass is 14.9. The maximum absolute atomic E-state index is 3.66. The number of hydrogen-bond donors (Lipinski definition) is 1. The summed E-state index contributed by atoms with van der Waals surface area (Å²) in [5.74, 6) is 0.770. The number of nitrogens with one attached hydrogen (secondary N) is 1. The molecule has 0 amide bonds. The molecule has 2 unspecified atom stereocenters. The average Bonchev–Trinajstić information content (AvgIpc) is 2.02. The zero-order valence-corrected chi connectivity index (χ0v) is 10.3. The van der Waals surface area contributed by atoms with Crippen molar-refractivity contribution in [1.82, 2.24) is 5.32 Å². The topological polar surface area (TPSA) is 12.0 Å². The molecule has 0 aromatic carbocycles. The molecule has 0 saturated heterocycles.